The number of hydrogen-bond donors (Lipinski definition) is 1. The summed E-state index contributed by atoms with van der Waals surface area (Å²) in [5.41, 5.74) is 0.603. The van der Waals surface area contributed by atoms with Crippen molar-refractivity contribution in [1.82, 2.24) is 14.3 Å². The number of nitrogens with zero attached hydrogens (tertiary/aromatic N) is 2. The largest absolute Gasteiger partial charge is 0.337 e. The second-order valence-corrected chi connectivity index (χ2v) is 7.18. The molecule has 0 aliphatic rings. The van der Waals surface area contributed by atoms with Gasteiger partial charge in [-0.1, -0.05) is 29.3 Å². The Hall–Kier alpha value is -1.08. The number of halogens is 2. The predicted molar refractivity (Wildman–Crippen MR) is 83.9 cm³/mol. The molecule has 0 amide bonds. The van der Waals surface area contributed by atoms with Crippen LogP contribution in [0.3, 0.4) is 0 Å². The number of nitrogens with one attached hydrogen (secondary N) is 1. The number of benzene rings is 1. The molecule has 8 heteroatoms. The molecule has 1 aromatic heterocycles. The SMILES string of the molecule is O=S(=O)(Cc1ccc(Cl)c(Cl)c1)NCCCn1ccnc1. The summed E-state index contributed by atoms with van der Waals surface area (Å²) < 4.78 is 28.4. The lowest BCUT2D eigenvalue weighted by atomic mass is 10.2. The van der Waals surface area contributed by atoms with Gasteiger partial charge in [0.15, 0.2) is 0 Å². The molecular formula is C13H15Cl2N3O2S. The van der Waals surface area contributed by atoms with Crippen molar-refractivity contribution >= 4 is 33.2 Å². The molecule has 0 aliphatic carbocycles. The third-order valence-corrected chi connectivity index (χ3v) is 4.91. The zero-order valence-corrected chi connectivity index (χ0v) is 13.5. The second kappa shape index (κ2) is 7.26. The van der Waals surface area contributed by atoms with E-state index in [9.17, 15) is 8.42 Å². The van der Waals surface area contributed by atoms with Crippen molar-refractivity contribution in [2.24, 2.45) is 0 Å². The average Bonchev–Trinajstić information content (AvgIpc) is 2.92. The quantitative estimate of drug-likeness (QED) is 0.783. The van der Waals surface area contributed by atoms with Gasteiger partial charge in [0, 0.05) is 25.5 Å². The van der Waals surface area contributed by atoms with E-state index in [1.54, 1.807) is 30.7 Å². The molecule has 2 rings (SSSR count). The van der Waals surface area contributed by atoms with E-state index in [-0.39, 0.29) is 5.75 Å². The fourth-order valence-corrected chi connectivity index (χ4v) is 3.30. The Bertz CT molecular complexity index is 687. The summed E-state index contributed by atoms with van der Waals surface area (Å²) >= 11 is 11.7. The van der Waals surface area contributed by atoms with Gasteiger partial charge >= 0.3 is 0 Å². The molecule has 0 unspecified atom stereocenters. The van der Waals surface area contributed by atoms with Gasteiger partial charge in [-0.25, -0.2) is 18.1 Å². The molecule has 0 radical (unpaired) electrons. The first-order valence-electron chi connectivity index (χ1n) is 6.33. The second-order valence-electron chi connectivity index (χ2n) is 4.56. The normalized spacial score (nSPS) is 11.7. The fourth-order valence-electron chi connectivity index (χ4n) is 1.81. The van der Waals surface area contributed by atoms with Crippen molar-refractivity contribution in [3.8, 4) is 0 Å². The lowest BCUT2D eigenvalue weighted by molar-refractivity contribution is 0.569. The van der Waals surface area contributed by atoms with E-state index >= 15 is 0 Å². The van der Waals surface area contributed by atoms with Crippen LogP contribution in [0.2, 0.25) is 10.0 Å². The Balaban J connectivity index is 1.82. The molecule has 1 aromatic carbocycles. The average molecular weight is 348 g/mol. The van der Waals surface area contributed by atoms with E-state index in [0.29, 0.717) is 28.6 Å². The zero-order valence-electron chi connectivity index (χ0n) is 11.2. The Morgan fingerprint density at radius 2 is 2.05 bits per heavy atom. The molecule has 0 atom stereocenters. The molecule has 0 saturated heterocycles. The molecule has 5 nitrogen and oxygen atoms in total. The Labute approximate surface area is 134 Å². The number of aryl methyl sites for hydroxylation is 1. The van der Waals surface area contributed by atoms with Gasteiger partial charge in [-0.3, -0.25) is 0 Å². The number of hydrogen-bond acceptors (Lipinski definition) is 3. The van der Waals surface area contributed by atoms with Gasteiger partial charge in [-0.15, -0.1) is 0 Å². The maximum atomic E-state index is 12.0. The van der Waals surface area contributed by atoms with Gasteiger partial charge in [-0.2, -0.15) is 0 Å². The van der Waals surface area contributed by atoms with Crippen LogP contribution in [-0.4, -0.2) is 24.5 Å². The van der Waals surface area contributed by atoms with Crippen LogP contribution in [0.4, 0.5) is 0 Å². The highest BCUT2D eigenvalue weighted by molar-refractivity contribution is 7.88. The van der Waals surface area contributed by atoms with Crippen molar-refractivity contribution in [3.05, 3.63) is 52.5 Å². The van der Waals surface area contributed by atoms with Crippen molar-refractivity contribution in [2.45, 2.75) is 18.7 Å². The van der Waals surface area contributed by atoms with Gasteiger partial charge in [0.2, 0.25) is 10.0 Å². The van der Waals surface area contributed by atoms with Crippen LogP contribution >= 0.6 is 23.2 Å². The summed E-state index contributed by atoms with van der Waals surface area (Å²) in [5.74, 6) is -0.116. The topological polar surface area (TPSA) is 64.0 Å². The minimum Gasteiger partial charge on any atom is -0.337 e. The highest BCUT2D eigenvalue weighted by Gasteiger charge is 2.11. The Morgan fingerprint density at radius 3 is 2.71 bits per heavy atom. The van der Waals surface area contributed by atoms with Gasteiger partial charge in [0.1, 0.15) is 0 Å². The van der Waals surface area contributed by atoms with Crippen LogP contribution in [0, 0.1) is 0 Å². The summed E-state index contributed by atoms with van der Waals surface area (Å²) in [6, 6.07) is 4.81. The third kappa shape index (κ3) is 5.32. The molecule has 0 fully saturated rings. The minimum atomic E-state index is -3.38. The molecule has 0 aliphatic heterocycles. The lowest BCUT2D eigenvalue weighted by Crippen LogP contribution is -2.26. The molecule has 2 aromatic rings. The summed E-state index contributed by atoms with van der Waals surface area (Å²) in [4.78, 5) is 3.92. The number of aromatic nitrogens is 2. The van der Waals surface area contributed by atoms with E-state index in [1.807, 2.05) is 10.8 Å². The predicted octanol–water partition coefficient (Wildman–Crippen LogP) is 2.70. The van der Waals surface area contributed by atoms with E-state index in [4.69, 9.17) is 23.2 Å². The highest BCUT2D eigenvalue weighted by atomic mass is 35.5. The van der Waals surface area contributed by atoms with Crippen LogP contribution in [0.15, 0.2) is 36.9 Å². The number of rotatable bonds is 7. The van der Waals surface area contributed by atoms with Gasteiger partial charge in [-0.05, 0) is 24.1 Å². The summed E-state index contributed by atoms with van der Waals surface area (Å²) in [7, 11) is -3.38. The van der Waals surface area contributed by atoms with Crippen molar-refractivity contribution in [1.29, 1.82) is 0 Å². The van der Waals surface area contributed by atoms with E-state index < -0.39 is 10.0 Å². The van der Waals surface area contributed by atoms with Gasteiger partial charge < -0.3 is 4.57 Å². The first-order valence-corrected chi connectivity index (χ1v) is 8.74. The third-order valence-electron chi connectivity index (χ3n) is 2.81. The maximum Gasteiger partial charge on any atom is 0.215 e. The Morgan fingerprint density at radius 1 is 1.24 bits per heavy atom. The molecule has 0 bridgehead atoms. The lowest BCUT2D eigenvalue weighted by Gasteiger charge is -2.08. The van der Waals surface area contributed by atoms with Crippen LogP contribution in [0.5, 0.6) is 0 Å². The first kappa shape index (κ1) is 16.3. The molecule has 1 heterocycles. The summed E-state index contributed by atoms with van der Waals surface area (Å²) in [6.07, 6.45) is 5.92. The van der Waals surface area contributed by atoms with Crippen LogP contribution in [0.25, 0.3) is 0 Å². The van der Waals surface area contributed by atoms with E-state index in [0.717, 1.165) is 6.54 Å². The molecule has 0 saturated carbocycles. The maximum absolute atomic E-state index is 12.0. The van der Waals surface area contributed by atoms with E-state index in [2.05, 4.69) is 9.71 Å². The number of imidazole rings is 1. The van der Waals surface area contributed by atoms with E-state index in [1.165, 1.54) is 0 Å². The van der Waals surface area contributed by atoms with Crippen molar-refractivity contribution < 1.29 is 8.42 Å². The highest BCUT2D eigenvalue weighted by Crippen LogP contribution is 2.23. The zero-order chi connectivity index (χ0) is 15.3. The molecule has 0 spiro atoms. The smallest absolute Gasteiger partial charge is 0.215 e. The molecule has 114 valence electrons. The van der Waals surface area contributed by atoms with Crippen LogP contribution < -0.4 is 4.72 Å². The monoisotopic (exact) mass is 347 g/mol. The standard InChI is InChI=1S/C13H15Cl2N3O2S/c14-12-3-2-11(8-13(12)15)9-21(19,20)17-4-1-6-18-7-5-16-10-18/h2-3,5,7-8,10,17H,1,4,6,9H2. The first-order chi connectivity index (χ1) is 9.96. The Kier molecular flexibility index (Phi) is 5.64. The van der Waals surface area contributed by atoms with Gasteiger partial charge in [0.25, 0.3) is 0 Å². The van der Waals surface area contributed by atoms with Gasteiger partial charge in [0.05, 0.1) is 22.1 Å². The van der Waals surface area contributed by atoms with Crippen molar-refractivity contribution in [2.75, 3.05) is 6.54 Å². The van der Waals surface area contributed by atoms with Crippen LogP contribution in [-0.2, 0) is 22.3 Å². The molecular weight excluding hydrogens is 333 g/mol. The summed E-state index contributed by atoms with van der Waals surface area (Å²) in [6.45, 7) is 1.09. The summed E-state index contributed by atoms with van der Waals surface area (Å²) in [5, 5.41) is 0.760. The van der Waals surface area contributed by atoms with Crippen LogP contribution in [0.1, 0.15) is 12.0 Å². The minimum absolute atomic E-state index is 0.116. The molecule has 21 heavy (non-hydrogen) atoms. The fraction of sp³-hybridized carbons (Fsp3) is 0.308. The number of sulfonamides is 1. The van der Waals surface area contributed by atoms with Crippen molar-refractivity contribution in [3.63, 3.8) is 0 Å². The molecule has 1 N–H and O–H groups in total.